The second-order valence-corrected chi connectivity index (χ2v) is 5.75. The van der Waals surface area contributed by atoms with Crippen LogP contribution < -0.4 is 11.5 Å². The molecule has 0 amide bonds. The fourth-order valence-electron chi connectivity index (χ4n) is 2.71. The predicted molar refractivity (Wildman–Crippen MR) is 84.6 cm³/mol. The maximum atomic E-state index is 5.75. The lowest BCUT2D eigenvalue weighted by molar-refractivity contribution is -0.0675. The Hall–Kier alpha value is -1.66. The third-order valence-electron chi connectivity index (χ3n) is 3.58. The normalized spacial score (nSPS) is 23.0. The molecule has 6 heteroatoms. The molecule has 0 aromatic carbocycles. The van der Waals surface area contributed by atoms with Crippen molar-refractivity contribution in [1.29, 1.82) is 0 Å². The third kappa shape index (κ3) is 4.68. The van der Waals surface area contributed by atoms with E-state index in [1.54, 1.807) is 0 Å². The SMILES string of the molecule is Cc1ncc(CCN2CC(C)OC(C)C2)cc1N=C(N)N. The molecule has 116 valence electrons. The van der Waals surface area contributed by atoms with Gasteiger partial charge in [0.25, 0.3) is 0 Å². The fourth-order valence-corrected chi connectivity index (χ4v) is 2.71. The first-order valence-corrected chi connectivity index (χ1v) is 7.37. The molecule has 2 rings (SSSR count). The second-order valence-electron chi connectivity index (χ2n) is 5.75. The van der Waals surface area contributed by atoms with Crippen LogP contribution in [0.4, 0.5) is 5.69 Å². The minimum absolute atomic E-state index is 0.0629. The van der Waals surface area contributed by atoms with Gasteiger partial charge in [0.2, 0.25) is 0 Å². The van der Waals surface area contributed by atoms with Gasteiger partial charge in [0.15, 0.2) is 5.96 Å². The van der Waals surface area contributed by atoms with Crippen molar-refractivity contribution in [3.05, 3.63) is 23.5 Å². The summed E-state index contributed by atoms with van der Waals surface area (Å²) in [5, 5.41) is 0. The van der Waals surface area contributed by atoms with Gasteiger partial charge in [0, 0.05) is 25.8 Å². The van der Waals surface area contributed by atoms with Crippen molar-refractivity contribution in [2.24, 2.45) is 16.5 Å². The Balaban J connectivity index is 1.98. The van der Waals surface area contributed by atoms with Gasteiger partial charge in [-0.1, -0.05) is 0 Å². The zero-order chi connectivity index (χ0) is 15.4. The molecule has 6 nitrogen and oxygen atoms in total. The van der Waals surface area contributed by atoms with Crippen LogP contribution in [0.2, 0.25) is 0 Å². The maximum absolute atomic E-state index is 5.75. The van der Waals surface area contributed by atoms with Crippen LogP contribution in [0.25, 0.3) is 0 Å². The summed E-state index contributed by atoms with van der Waals surface area (Å²) in [6.45, 7) is 9.08. The molecule has 1 aromatic heterocycles. The summed E-state index contributed by atoms with van der Waals surface area (Å²) in [6, 6.07) is 2.01. The minimum Gasteiger partial charge on any atom is -0.373 e. The Morgan fingerprint density at radius 3 is 2.67 bits per heavy atom. The summed E-state index contributed by atoms with van der Waals surface area (Å²) in [5.74, 6) is 0.0629. The van der Waals surface area contributed by atoms with Crippen LogP contribution in [0, 0.1) is 6.92 Å². The number of ether oxygens (including phenoxy) is 1. The summed E-state index contributed by atoms with van der Waals surface area (Å²) >= 11 is 0. The van der Waals surface area contributed by atoms with Crippen molar-refractivity contribution in [2.75, 3.05) is 19.6 Å². The third-order valence-corrected chi connectivity index (χ3v) is 3.58. The zero-order valence-corrected chi connectivity index (χ0v) is 13.0. The molecule has 1 saturated heterocycles. The first-order chi connectivity index (χ1) is 9.94. The molecule has 1 aromatic rings. The highest BCUT2D eigenvalue weighted by Gasteiger charge is 2.21. The summed E-state index contributed by atoms with van der Waals surface area (Å²) in [5.41, 5.74) is 13.6. The van der Waals surface area contributed by atoms with Crippen LogP contribution in [0.15, 0.2) is 17.3 Å². The van der Waals surface area contributed by atoms with E-state index in [0.717, 1.165) is 43.0 Å². The van der Waals surface area contributed by atoms with E-state index in [1.807, 2.05) is 19.2 Å². The van der Waals surface area contributed by atoms with E-state index in [0.29, 0.717) is 12.2 Å². The molecule has 1 fully saturated rings. The van der Waals surface area contributed by atoms with Crippen molar-refractivity contribution >= 4 is 11.6 Å². The monoisotopic (exact) mass is 291 g/mol. The fraction of sp³-hybridized carbons (Fsp3) is 0.600. The van der Waals surface area contributed by atoms with E-state index in [-0.39, 0.29) is 5.96 Å². The average molecular weight is 291 g/mol. The molecule has 0 bridgehead atoms. The van der Waals surface area contributed by atoms with Crippen LogP contribution in [-0.4, -0.2) is 47.7 Å². The zero-order valence-electron chi connectivity index (χ0n) is 13.0. The maximum Gasteiger partial charge on any atom is 0.191 e. The number of aryl methyl sites for hydroxylation is 1. The molecular formula is C15H25N5O. The molecule has 2 heterocycles. The topological polar surface area (TPSA) is 89.8 Å². The molecule has 0 saturated carbocycles. The van der Waals surface area contributed by atoms with Gasteiger partial charge in [-0.2, -0.15) is 0 Å². The van der Waals surface area contributed by atoms with Crippen LogP contribution in [0.1, 0.15) is 25.1 Å². The van der Waals surface area contributed by atoms with E-state index in [1.165, 1.54) is 0 Å². The predicted octanol–water partition coefficient (Wildman–Crippen LogP) is 0.947. The van der Waals surface area contributed by atoms with Gasteiger partial charge >= 0.3 is 0 Å². The quantitative estimate of drug-likeness (QED) is 0.636. The summed E-state index contributed by atoms with van der Waals surface area (Å²) in [4.78, 5) is 10.9. The van der Waals surface area contributed by atoms with E-state index in [9.17, 15) is 0 Å². The Bertz CT molecular complexity index is 503. The smallest absolute Gasteiger partial charge is 0.191 e. The highest BCUT2D eigenvalue weighted by molar-refractivity contribution is 5.79. The van der Waals surface area contributed by atoms with Crippen molar-refractivity contribution in [3.63, 3.8) is 0 Å². The first kappa shape index (κ1) is 15.7. The van der Waals surface area contributed by atoms with Crippen LogP contribution in [0.3, 0.4) is 0 Å². The van der Waals surface area contributed by atoms with Gasteiger partial charge in [-0.15, -0.1) is 0 Å². The van der Waals surface area contributed by atoms with Crippen LogP contribution in [0.5, 0.6) is 0 Å². The number of hydrogen-bond acceptors (Lipinski definition) is 4. The largest absolute Gasteiger partial charge is 0.373 e. The van der Waals surface area contributed by atoms with E-state index < -0.39 is 0 Å². The molecule has 2 unspecified atom stereocenters. The van der Waals surface area contributed by atoms with Gasteiger partial charge in [0.1, 0.15) is 0 Å². The molecule has 0 spiro atoms. The Morgan fingerprint density at radius 2 is 2.05 bits per heavy atom. The lowest BCUT2D eigenvalue weighted by Gasteiger charge is -2.35. The number of aromatic nitrogens is 1. The van der Waals surface area contributed by atoms with Gasteiger partial charge in [0.05, 0.1) is 23.6 Å². The van der Waals surface area contributed by atoms with Crippen molar-refractivity contribution in [3.8, 4) is 0 Å². The number of aliphatic imine (C=N–C) groups is 1. The number of rotatable bonds is 4. The van der Waals surface area contributed by atoms with Gasteiger partial charge < -0.3 is 16.2 Å². The standard InChI is InChI=1S/C15H25N5O/c1-10-8-20(9-11(2)21-10)5-4-13-6-14(19-15(16)17)12(3)18-7-13/h6-7,10-11H,4-5,8-9H2,1-3H3,(H4,16,17,19). The molecule has 1 aliphatic heterocycles. The van der Waals surface area contributed by atoms with E-state index in [4.69, 9.17) is 16.2 Å². The van der Waals surface area contributed by atoms with Crippen molar-refractivity contribution in [2.45, 2.75) is 39.4 Å². The first-order valence-electron chi connectivity index (χ1n) is 7.37. The molecular weight excluding hydrogens is 266 g/mol. The molecule has 0 aliphatic carbocycles. The number of pyridine rings is 1. The minimum atomic E-state index is 0.0629. The molecule has 0 radical (unpaired) electrons. The highest BCUT2D eigenvalue weighted by atomic mass is 16.5. The number of morpholine rings is 1. The molecule has 2 atom stereocenters. The van der Waals surface area contributed by atoms with Gasteiger partial charge in [-0.25, -0.2) is 4.99 Å². The lowest BCUT2D eigenvalue weighted by Crippen LogP contribution is -2.46. The second kappa shape index (κ2) is 6.87. The van der Waals surface area contributed by atoms with Crippen molar-refractivity contribution < 1.29 is 4.74 Å². The average Bonchev–Trinajstić information content (AvgIpc) is 2.38. The number of guanidine groups is 1. The Labute approximate surface area is 126 Å². The summed E-state index contributed by atoms with van der Waals surface area (Å²) in [6.07, 6.45) is 3.41. The van der Waals surface area contributed by atoms with Gasteiger partial charge in [-0.05, 0) is 38.8 Å². The van der Waals surface area contributed by atoms with Gasteiger partial charge in [-0.3, -0.25) is 9.88 Å². The van der Waals surface area contributed by atoms with E-state index >= 15 is 0 Å². The van der Waals surface area contributed by atoms with E-state index in [2.05, 4.69) is 28.7 Å². The number of nitrogens with zero attached hydrogens (tertiary/aromatic N) is 3. The highest BCUT2D eigenvalue weighted by Crippen LogP contribution is 2.18. The molecule has 4 N–H and O–H groups in total. The number of hydrogen-bond donors (Lipinski definition) is 2. The Morgan fingerprint density at radius 1 is 1.38 bits per heavy atom. The van der Waals surface area contributed by atoms with Crippen molar-refractivity contribution in [1.82, 2.24) is 9.88 Å². The Kier molecular flexibility index (Phi) is 5.14. The molecule has 1 aliphatic rings. The van der Waals surface area contributed by atoms with Crippen LogP contribution >= 0.6 is 0 Å². The molecule has 21 heavy (non-hydrogen) atoms. The summed E-state index contributed by atoms with van der Waals surface area (Å²) < 4.78 is 5.75. The number of nitrogens with two attached hydrogens (primary N) is 2. The summed E-state index contributed by atoms with van der Waals surface area (Å²) in [7, 11) is 0. The lowest BCUT2D eigenvalue weighted by atomic mass is 10.1. The van der Waals surface area contributed by atoms with Crippen LogP contribution in [-0.2, 0) is 11.2 Å².